The summed E-state index contributed by atoms with van der Waals surface area (Å²) in [6.45, 7) is 1.74. The maximum Gasteiger partial charge on any atom is 0.254 e. The molecule has 1 saturated carbocycles. The SMILES string of the molecule is Cc1nnc(C[C@@H]2CC[C@H](NC(=O)c3cccc(F)c3F)C2)o1. The van der Waals surface area contributed by atoms with Crippen molar-refractivity contribution in [1.82, 2.24) is 15.5 Å². The molecule has 3 rings (SSSR count). The number of rotatable bonds is 4. The van der Waals surface area contributed by atoms with E-state index < -0.39 is 17.5 Å². The third-order valence-electron chi connectivity index (χ3n) is 4.10. The summed E-state index contributed by atoms with van der Waals surface area (Å²) >= 11 is 0. The number of amides is 1. The molecule has 1 fully saturated rings. The summed E-state index contributed by atoms with van der Waals surface area (Å²) in [6, 6.07) is 3.54. The highest BCUT2D eigenvalue weighted by molar-refractivity contribution is 5.94. The zero-order chi connectivity index (χ0) is 16.4. The summed E-state index contributed by atoms with van der Waals surface area (Å²) in [5.41, 5.74) is -0.263. The van der Waals surface area contributed by atoms with Crippen molar-refractivity contribution in [3.05, 3.63) is 47.2 Å². The minimum Gasteiger partial charge on any atom is -0.426 e. The van der Waals surface area contributed by atoms with Crippen LogP contribution in [-0.4, -0.2) is 22.1 Å². The Labute approximate surface area is 132 Å². The summed E-state index contributed by atoms with van der Waals surface area (Å²) in [6.07, 6.45) is 3.13. The molecular weight excluding hydrogens is 304 g/mol. The van der Waals surface area contributed by atoms with Crippen LogP contribution in [0.2, 0.25) is 0 Å². The smallest absolute Gasteiger partial charge is 0.254 e. The van der Waals surface area contributed by atoms with Crippen LogP contribution in [0, 0.1) is 24.5 Å². The molecule has 1 aromatic carbocycles. The predicted molar refractivity (Wildman–Crippen MR) is 77.7 cm³/mol. The molecule has 0 radical (unpaired) electrons. The van der Waals surface area contributed by atoms with E-state index >= 15 is 0 Å². The summed E-state index contributed by atoms with van der Waals surface area (Å²) in [5.74, 6) is -1.26. The van der Waals surface area contributed by atoms with Gasteiger partial charge >= 0.3 is 0 Å². The normalized spacial score (nSPS) is 20.7. The lowest BCUT2D eigenvalue weighted by atomic mass is 10.0. The Hall–Kier alpha value is -2.31. The van der Waals surface area contributed by atoms with E-state index in [1.807, 2.05) is 0 Å². The molecule has 0 saturated heterocycles. The van der Waals surface area contributed by atoms with Gasteiger partial charge in [-0.2, -0.15) is 0 Å². The molecule has 122 valence electrons. The van der Waals surface area contributed by atoms with Crippen LogP contribution >= 0.6 is 0 Å². The van der Waals surface area contributed by atoms with E-state index in [9.17, 15) is 13.6 Å². The zero-order valence-electron chi connectivity index (χ0n) is 12.7. The van der Waals surface area contributed by atoms with Crippen LogP contribution < -0.4 is 5.32 Å². The van der Waals surface area contributed by atoms with Gasteiger partial charge in [0.15, 0.2) is 11.6 Å². The highest BCUT2D eigenvalue weighted by atomic mass is 19.2. The molecule has 0 spiro atoms. The minimum atomic E-state index is -1.11. The van der Waals surface area contributed by atoms with Crippen LogP contribution in [0.4, 0.5) is 8.78 Å². The third kappa shape index (κ3) is 3.55. The van der Waals surface area contributed by atoms with Crippen LogP contribution in [0.25, 0.3) is 0 Å². The van der Waals surface area contributed by atoms with E-state index in [-0.39, 0.29) is 11.6 Å². The number of hydrogen-bond donors (Lipinski definition) is 1. The molecule has 1 aliphatic carbocycles. The fourth-order valence-corrected chi connectivity index (χ4v) is 3.00. The molecule has 2 aromatic rings. The van der Waals surface area contributed by atoms with Crippen molar-refractivity contribution < 1.29 is 18.0 Å². The highest BCUT2D eigenvalue weighted by Gasteiger charge is 2.28. The quantitative estimate of drug-likeness (QED) is 0.940. The van der Waals surface area contributed by atoms with Crippen molar-refractivity contribution in [3.8, 4) is 0 Å². The van der Waals surface area contributed by atoms with Gasteiger partial charge in [0, 0.05) is 19.4 Å². The Kier molecular flexibility index (Phi) is 4.36. The van der Waals surface area contributed by atoms with E-state index in [2.05, 4.69) is 15.5 Å². The second-order valence-corrected chi connectivity index (χ2v) is 5.87. The number of carbonyl (C=O) groups excluding carboxylic acids is 1. The average molecular weight is 321 g/mol. The first-order chi connectivity index (χ1) is 11.0. The highest BCUT2D eigenvalue weighted by Crippen LogP contribution is 2.28. The van der Waals surface area contributed by atoms with Gasteiger partial charge in [-0.1, -0.05) is 6.07 Å². The van der Waals surface area contributed by atoms with Gasteiger partial charge in [0.2, 0.25) is 11.8 Å². The number of carbonyl (C=O) groups is 1. The first-order valence-corrected chi connectivity index (χ1v) is 7.57. The third-order valence-corrected chi connectivity index (χ3v) is 4.10. The molecule has 0 bridgehead atoms. The predicted octanol–water partition coefficient (Wildman–Crippen LogP) is 2.80. The van der Waals surface area contributed by atoms with Crippen molar-refractivity contribution >= 4 is 5.91 Å². The van der Waals surface area contributed by atoms with Crippen molar-refractivity contribution in [2.45, 2.75) is 38.6 Å². The largest absolute Gasteiger partial charge is 0.426 e. The Bertz CT molecular complexity index is 717. The van der Waals surface area contributed by atoms with E-state index in [0.717, 1.165) is 25.3 Å². The van der Waals surface area contributed by atoms with Gasteiger partial charge in [0.1, 0.15) is 0 Å². The number of hydrogen-bond acceptors (Lipinski definition) is 4. The average Bonchev–Trinajstić information content (AvgIpc) is 3.11. The summed E-state index contributed by atoms with van der Waals surface area (Å²) < 4.78 is 32.2. The fraction of sp³-hybridized carbons (Fsp3) is 0.438. The Balaban J connectivity index is 1.57. The van der Waals surface area contributed by atoms with Gasteiger partial charge in [-0.25, -0.2) is 8.78 Å². The first-order valence-electron chi connectivity index (χ1n) is 7.57. The van der Waals surface area contributed by atoms with E-state index in [0.29, 0.717) is 24.1 Å². The van der Waals surface area contributed by atoms with Crippen molar-refractivity contribution in [3.63, 3.8) is 0 Å². The summed E-state index contributed by atoms with van der Waals surface area (Å²) in [5, 5.41) is 10.5. The van der Waals surface area contributed by atoms with Crippen LogP contribution in [-0.2, 0) is 6.42 Å². The lowest BCUT2D eigenvalue weighted by Crippen LogP contribution is -2.33. The van der Waals surface area contributed by atoms with Crippen LogP contribution in [0.1, 0.15) is 41.4 Å². The van der Waals surface area contributed by atoms with Crippen LogP contribution in [0.3, 0.4) is 0 Å². The molecule has 23 heavy (non-hydrogen) atoms. The zero-order valence-corrected chi connectivity index (χ0v) is 12.7. The summed E-state index contributed by atoms with van der Waals surface area (Å²) in [4.78, 5) is 12.1. The Morgan fingerprint density at radius 1 is 1.35 bits per heavy atom. The molecular formula is C16H17F2N3O2. The second-order valence-electron chi connectivity index (χ2n) is 5.87. The minimum absolute atomic E-state index is 0.0563. The molecule has 0 unspecified atom stereocenters. The molecule has 1 heterocycles. The first kappa shape index (κ1) is 15.6. The molecule has 7 heteroatoms. The maximum atomic E-state index is 13.6. The van der Waals surface area contributed by atoms with Crippen molar-refractivity contribution in [1.29, 1.82) is 0 Å². The standard InChI is InChI=1S/C16H17F2N3O2/c1-9-20-21-14(23-9)8-10-5-6-11(7-10)19-16(22)12-3-2-4-13(17)15(12)18/h2-4,10-11H,5-8H2,1H3,(H,19,22)/t10-,11+/m1/s1. The van der Waals surface area contributed by atoms with Gasteiger partial charge in [-0.15, -0.1) is 10.2 Å². The molecule has 1 aromatic heterocycles. The van der Waals surface area contributed by atoms with Crippen molar-refractivity contribution in [2.24, 2.45) is 5.92 Å². The molecule has 5 nitrogen and oxygen atoms in total. The summed E-state index contributed by atoms with van der Waals surface area (Å²) in [7, 11) is 0. The monoisotopic (exact) mass is 321 g/mol. The number of benzene rings is 1. The van der Waals surface area contributed by atoms with Gasteiger partial charge in [0.25, 0.3) is 5.91 Å². The number of aryl methyl sites for hydroxylation is 1. The number of nitrogens with one attached hydrogen (secondary N) is 1. The number of nitrogens with zero attached hydrogens (tertiary/aromatic N) is 2. The van der Waals surface area contributed by atoms with Gasteiger partial charge in [0.05, 0.1) is 5.56 Å². The second kappa shape index (κ2) is 6.44. The van der Waals surface area contributed by atoms with Crippen molar-refractivity contribution in [2.75, 3.05) is 0 Å². The lowest BCUT2D eigenvalue weighted by molar-refractivity contribution is 0.0932. The van der Waals surface area contributed by atoms with E-state index in [1.165, 1.54) is 12.1 Å². The number of aromatic nitrogens is 2. The molecule has 1 N–H and O–H groups in total. The van der Waals surface area contributed by atoms with Gasteiger partial charge in [-0.05, 0) is 37.3 Å². The molecule has 2 atom stereocenters. The van der Waals surface area contributed by atoms with E-state index in [1.54, 1.807) is 6.92 Å². The fourth-order valence-electron chi connectivity index (χ4n) is 3.00. The molecule has 1 aliphatic rings. The Morgan fingerprint density at radius 3 is 2.91 bits per heavy atom. The lowest BCUT2D eigenvalue weighted by Gasteiger charge is -2.13. The number of halogens is 2. The molecule has 0 aliphatic heterocycles. The Morgan fingerprint density at radius 2 is 2.17 bits per heavy atom. The maximum absolute atomic E-state index is 13.6. The topological polar surface area (TPSA) is 68.0 Å². The van der Waals surface area contributed by atoms with E-state index in [4.69, 9.17) is 4.42 Å². The van der Waals surface area contributed by atoms with Gasteiger partial charge in [-0.3, -0.25) is 4.79 Å². The van der Waals surface area contributed by atoms with Crippen LogP contribution in [0.15, 0.2) is 22.6 Å². The van der Waals surface area contributed by atoms with Crippen LogP contribution in [0.5, 0.6) is 0 Å². The molecule has 1 amide bonds. The van der Waals surface area contributed by atoms with Gasteiger partial charge < -0.3 is 9.73 Å².